The number of benzene rings is 2. The molecule has 31 heavy (non-hydrogen) atoms. The highest BCUT2D eigenvalue weighted by molar-refractivity contribution is 8.00. The molecule has 1 unspecified atom stereocenters. The first-order valence-corrected chi connectivity index (χ1v) is 11.1. The standard InChI is InChI=1S/C23H27FN2O4S/c1-5-30-23(28)18-10-11-19(15(2)21(18)25(3)12-13-29-4)26-20(27)14-31-22(26)16-6-8-17(24)9-7-16/h6-11,22H,5,12-14H2,1-4H3. The van der Waals surface area contributed by atoms with Gasteiger partial charge in [0, 0.05) is 20.7 Å². The number of nitrogens with zero attached hydrogens (tertiary/aromatic N) is 2. The number of halogens is 1. The molecule has 0 spiro atoms. The third kappa shape index (κ3) is 4.85. The van der Waals surface area contributed by atoms with Crippen LogP contribution in [0, 0.1) is 12.7 Å². The molecule has 3 rings (SSSR count). The second-order valence-electron chi connectivity index (χ2n) is 7.22. The van der Waals surface area contributed by atoms with Crippen LogP contribution in [0.5, 0.6) is 0 Å². The Hall–Kier alpha value is -2.58. The number of anilines is 2. The number of likely N-dealkylation sites (N-methyl/N-ethyl adjacent to an activating group) is 1. The lowest BCUT2D eigenvalue weighted by Crippen LogP contribution is -2.30. The number of amides is 1. The summed E-state index contributed by atoms with van der Waals surface area (Å²) in [5.74, 6) is -0.428. The van der Waals surface area contributed by atoms with Crippen LogP contribution in [0.15, 0.2) is 36.4 Å². The second kappa shape index (κ2) is 10.2. The normalized spacial score (nSPS) is 16.0. The Morgan fingerprint density at radius 2 is 1.97 bits per heavy atom. The molecule has 0 N–H and O–H groups in total. The molecule has 1 fully saturated rings. The van der Waals surface area contributed by atoms with E-state index in [2.05, 4.69) is 0 Å². The average molecular weight is 447 g/mol. The first kappa shape index (κ1) is 23.1. The van der Waals surface area contributed by atoms with E-state index in [4.69, 9.17) is 9.47 Å². The van der Waals surface area contributed by atoms with E-state index in [1.165, 1.54) is 23.9 Å². The van der Waals surface area contributed by atoms with Gasteiger partial charge in [-0.1, -0.05) is 12.1 Å². The van der Waals surface area contributed by atoms with Gasteiger partial charge < -0.3 is 14.4 Å². The summed E-state index contributed by atoms with van der Waals surface area (Å²) in [7, 11) is 3.50. The van der Waals surface area contributed by atoms with E-state index in [-0.39, 0.29) is 23.7 Å². The van der Waals surface area contributed by atoms with Crippen LogP contribution >= 0.6 is 11.8 Å². The van der Waals surface area contributed by atoms with Crippen LogP contribution in [0.25, 0.3) is 0 Å². The highest BCUT2D eigenvalue weighted by Crippen LogP contribution is 2.45. The first-order chi connectivity index (χ1) is 14.9. The molecule has 0 radical (unpaired) electrons. The van der Waals surface area contributed by atoms with Crippen LogP contribution in [-0.2, 0) is 14.3 Å². The minimum Gasteiger partial charge on any atom is -0.462 e. The number of esters is 1. The summed E-state index contributed by atoms with van der Waals surface area (Å²) in [5.41, 5.74) is 3.51. The van der Waals surface area contributed by atoms with Gasteiger partial charge in [0.1, 0.15) is 11.2 Å². The zero-order valence-electron chi connectivity index (χ0n) is 18.2. The third-order valence-corrected chi connectivity index (χ3v) is 6.41. The highest BCUT2D eigenvalue weighted by Gasteiger charge is 2.36. The Balaban J connectivity index is 2.08. The number of hydrogen-bond donors (Lipinski definition) is 0. The molecule has 0 aliphatic carbocycles. The van der Waals surface area contributed by atoms with Crippen molar-refractivity contribution in [2.75, 3.05) is 49.5 Å². The topological polar surface area (TPSA) is 59.1 Å². The van der Waals surface area contributed by atoms with Gasteiger partial charge in [-0.15, -0.1) is 11.8 Å². The van der Waals surface area contributed by atoms with Crippen LogP contribution in [-0.4, -0.2) is 51.5 Å². The maximum Gasteiger partial charge on any atom is 0.340 e. The number of hydrogen-bond acceptors (Lipinski definition) is 6. The number of thioether (sulfide) groups is 1. The van der Waals surface area contributed by atoms with Crippen LogP contribution in [0.2, 0.25) is 0 Å². The number of carbonyl (C=O) groups is 2. The second-order valence-corrected chi connectivity index (χ2v) is 8.29. The number of rotatable bonds is 8. The van der Waals surface area contributed by atoms with Gasteiger partial charge in [-0.2, -0.15) is 0 Å². The zero-order chi connectivity index (χ0) is 22.5. The summed E-state index contributed by atoms with van der Waals surface area (Å²) >= 11 is 1.50. The Morgan fingerprint density at radius 3 is 2.61 bits per heavy atom. The molecule has 2 aromatic carbocycles. The van der Waals surface area contributed by atoms with E-state index in [9.17, 15) is 14.0 Å². The van der Waals surface area contributed by atoms with Crippen molar-refractivity contribution >= 4 is 35.0 Å². The van der Waals surface area contributed by atoms with E-state index in [1.807, 2.05) is 18.9 Å². The number of carbonyl (C=O) groups excluding carboxylic acids is 2. The average Bonchev–Trinajstić information content (AvgIpc) is 3.13. The molecule has 1 aliphatic rings. The molecule has 1 amide bonds. The van der Waals surface area contributed by atoms with Crippen molar-refractivity contribution in [2.24, 2.45) is 0 Å². The van der Waals surface area contributed by atoms with Gasteiger partial charge in [0.2, 0.25) is 5.91 Å². The summed E-state index contributed by atoms with van der Waals surface area (Å²) in [6.45, 7) is 4.99. The van der Waals surface area contributed by atoms with Gasteiger partial charge in [-0.25, -0.2) is 9.18 Å². The smallest absolute Gasteiger partial charge is 0.340 e. The van der Waals surface area contributed by atoms with Gasteiger partial charge >= 0.3 is 5.97 Å². The fourth-order valence-corrected chi connectivity index (χ4v) is 4.88. The molecule has 1 aliphatic heterocycles. The summed E-state index contributed by atoms with van der Waals surface area (Å²) < 4.78 is 23.9. The van der Waals surface area contributed by atoms with E-state index in [0.29, 0.717) is 30.2 Å². The number of methoxy groups -OCH3 is 1. The zero-order valence-corrected chi connectivity index (χ0v) is 19.0. The van der Waals surface area contributed by atoms with E-state index in [1.54, 1.807) is 43.2 Å². The summed E-state index contributed by atoms with van der Waals surface area (Å²) in [6.07, 6.45) is 0. The van der Waals surface area contributed by atoms with Gasteiger partial charge in [-0.3, -0.25) is 9.69 Å². The van der Waals surface area contributed by atoms with Crippen molar-refractivity contribution in [1.82, 2.24) is 0 Å². The van der Waals surface area contributed by atoms with Crippen LogP contribution < -0.4 is 9.80 Å². The summed E-state index contributed by atoms with van der Waals surface area (Å²) in [6, 6.07) is 9.70. The van der Waals surface area contributed by atoms with Crippen molar-refractivity contribution in [2.45, 2.75) is 19.2 Å². The van der Waals surface area contributed by atoms with Crippen LogP contribution in [0.4, 0.5) is 15.8 Å². The predicted octanol–water partition coefficient (Wildman–Crippen LogP) is 4.17. The molecule has 6 nitrogen and oxygen atoms in total. The van der Waals surface area contributed by atoms with Gasteiger partial charge in [-0.05, 0) is 49.2 Å². The molecule has 0 saturated carbocycles. The fraction of sp³-hybridized carbons (Fsp3) is 0.391. The maximum absolute atomic E-state index is 13.4. The van der Waals surface area contributed by atoms with Crippen molar-refractivity contribution in [1.29, 1.82) is 0 Å². The molecular weight excluding hydrogens is 419 g/mol. The molecule has 0 aromatic heterocycles. The lowest BCUT2D eigenvalue weighted by atomic mass is 10.0. The quantitative estimate of drug-likeness (QED) is 0.567. The molecule has 8 heteroatoms. The van der Waals surface area contributed by atoms with Crippen molar-refractivity contribution < 1.29 is 23.5 Å². The van der Waals surface area contributed by atoms with Gasteiger partial charge in [0.15, 0.2) is 0 Å². The molecular formula is C23H27FN2O4S. The Kier molecular flexibility index (Phi) is 7.56. The molecule has 1 saturated heterocycles. The van der Waals surface area contributed by atoms with Crippen molar-refractivity contribution in [3.8, 4) is 0 Å². The number of ether oxygens (including phenoxy) is 2. The minimum absolute atomic E-state index is 0.0307. The van der Waals surface area contributed by atoms with Crippen molar-refractivity contribution in [3.05, 3.63) is 58.9 Å². The molecule has 2 aromatic rings. The lowest BCUT2D eigenvalue weighted by Gasteiger charge is -2.30. The van der Waals surface area contributed by atoms with Gasteiger partial charge in [0.05, 0.1) is 35.9 Å². The van der Waals surface area contributed by atoms with E-state index in [0.717, 1.165) is 16.8 Å². The van der Waals surface area contributed by atoms with Gasteiger partial charge in [0.25, 0.3) is 0 Å². The van der Waals surface area contributed by atoms with Crippen molar-refractivity contribution in [3.63, 3.8) is 0 Å². The summed E-state index contributed by atoms with van der Waals surface area (Å²) in [4.78, 5) is 29.1. The first-order valence-electron chi connectivity index (χ1n) is 10.1. The third-order valence-electron chi connectivity index (χ3n) is 5.19. The molecule has 1 atom stereocenters. The Labute approximate surface area is 186 Å². The fourth-order valence-electron chi connectivity index (χ4n) is 3.71. The van der Waals surface area contributed by atoms with E-state index < -0.39 is 5.97 Å². The molecule has 0 bridgehead atoms. The Morgan fingerprint density at radius 1 is 1.26 bits per heavy atom. The van der Waals surface area contributed by atoms with Crippen LogP contribution in [0.3, 0.4) is 0 Å². The summed E-state index contributed by atoms with van der Waals surface area (Å²) in [5, 5.41) is -0.266. The minimum atomic E-state index is -0.409. The monoisotopic (exact) mass is 446 g/mol. The SMILES string of the molecule is CCOC(=O)c1ccc(N2C(=O)CSC2c2ccc(F)cc2)c(C)c1N(C)CCOC. The lowest BCUT2D eigenvalue weighted by molar-refractivity contribution is -0.115. The highest BCUT2D eigenvalue weighted by atomic mass is 32.2. The van der Waals surface area contributed by atoms with Crippen LogP contribution in [0.1, 0.15) is 33.8 Å². The largest absolute Gasteiger partial charge is 0.462 e. The molecule has 166 valence electrons. The molecule has 1 heterocycles. The Bertz CT molecular complexity index is 951. The predicted molar refractivity (Wildman–Crippen MR) is 121 cm³/mol. The van der Waals surface area contributed by atoms with E-state index >= 15 is 0 Å². The maximum atomic E-state index is 13.4.